The summed E-state index contributed by atoms with van der Waals surface area (Å²) in [5.41, 5.74) is 2.05. The van der Waals surface area contributed by atoms with Gasteiger partial charge in [0, 0.05) is 0 Å². The summed E-state index contributed by atoms with van der Waals surface area (Å²) in [6, 6.07) is 11.4. The number of benzene rings is 1. The Morgan fingerprint density at radius 2 is 1.14 bits per heavy atom. The van der Waals surface area contributed by atoms with Crippen molar-refractivity contribution in [2.75, 3.05) is 0 Å². The number of hydrogen-bond donors (Lipinski definition) is 0. The summed E-state index contributed by atoms with van der Waals surface area (Å²) < 4.78 is 0. The molecule has 0 heteroatoms. The summed E-state index contributed by atoms with van der Waals surface area (Å²) in [6.45, 7) is 6.96. The molecule has 0 saturated heterocycles. The van der Waals surface area contributed by atoms with Crippen LogP contribution in [-0.4, -0.2) is 0 Å². The minimum absolute atomic E-state index is 0.445. The van der Waals surface area contributed by atoms with Gasteiger partial charge in [0.05, 0.1) is 0 Å². The second-order valence-corrected chi connectivity index (χ2v) is 6.66. The van der Waals surface area contributed by atoms with E-state index in [-0.39, 0.29) is 0 Å². The third-order valence-corrected chi connectivity index (χ3v) is 4.91. The van der Waals surface area contributed by atoms with E-state index >= 15 is 0 Å². The van der Waals surface area contributed by atoms with Crippen molar-refractivity contribution in [1.29, 1.82) is 0 Å². The van der Waals surface area contributed by atoms with Gasteiger partial charge in [0.15, 0.2) is 0 Å². The Morgan fingerprint density at radius 1 is 0.619 bits per heavy atom. The summed E-state index contributed by atoms with van der Waals surface area (Å²) in [7, 11) is 0. The summed E-state index contributed by atoms with van der Waals surface area (Å²) in [5, 5.41) is 0. The number of rotatable bonds is 12. The average Bonchev–Trinajstić information content (AvgIpc) is 2.54. The van der Waals surface area contributed by atoms with Gasteiger partial charge in [0.2, 0.25) is 0 Å². The highest BCUT2D eigenvalue weighted by molar-refractivity contribution is 5.25. The Kier molecular flexibility index (Phi) is 9.46. The molecule has 0 atom stereocenters. The Morgan fingerprint density at radius 3 is 1.67 bits per heavy atom. The third kappa shape index (κ3) is 6.24. The molecule has 0 fully saturated rings. The Bertz CT molecular complexity index is 330. The van der Waals surface area contributed by atoms with Crippen LogP contribution in [0.1, 0.15) is 97.0 Å². The largest absolute Gasteiger partial charge is 0.0654 e. The van der Waals surface area contributed by atoms with Gasteiger partial charge in [0.1, 0.15) is 0 Å². The van der Waals surface area contributed by atoms with Crippen LogP contribution in [0.3, 0.4) is 0 Å². The minimum Gasteiger partial charge on any atom is -0.0654 e. The van der Waals surface area contributed by atoms with Gasteiger partial charge >= 0.3 is 0 Å². The van der Waals surface area contributed by atoms with Crippen molar-refractivity contribution in [1.82, 2.24) is 0 Å². The van der Waals surface area contributed by atoms with Gasteiger partial charge in [-0.05, 0) is 30.2 Å². The highest BCUT2D eigenvalue weighted by Crippen LogP contribution is 2.40. The van der Waals surface area contributed by atoms with Crippen molar-refractivity contribution in [3.63, 3.8) is 0 Å². The van der Waals surface area contributed by atoms with Crippen LogP contribution in [0.2, 0.25) is 0 Å². The molecule has 0 heterocycles. The molecule has 1 aromatic rings. The van der Waals surface area contributed by atoms with E-state index in [0.717, 1.165) is 0 Å². The number of unbranched alkanes of at least 4 members (excludes halogenated alkanes) is 5. The van der Waals surface area contributed by atoms with Gasteiger partial charge in [0.25, 0.3) is 0 Å². The van der Waals surface area contributed by atoms with E-state index in [9.17, 15) is 0 Å². The van der Waals surface area contributed by atoms with Crippen LogP contribution < -0.4 is 0 Å². The molecule has 0 unspecified atom stereocenters. The Balaban J connectivity index is 2.85. The quantitative estimate of drug-likeness (QED) is 0.355. The van der Waals surface area contributed by atoms with Gasteiger partial charge in [-0.25, -0.2) is 0 Å². The third-order valence-electron chi connectivity index (χ3n) is 4.91. The smallest absolute Gasteiger partial charge is 0.00470 e. The molecule has 0 nitrogen and oxygen atoms in total. The second kappa shape index (κ2) is 10.9. The highest BCUT2D eigenvalue weighted by atomic mass is 14.3. The molecule has 0 bridgehead atoms. The van der Waals surface area contributed by atoms with Crippen LogP contribution in [0.5, 0.6) is 0 Å². The monoisotopic (exact) mass is 288 g/mol. The van der Waals surface area contributed by atoms with Crippen LogP contribution in [0, 0.1) is 0 Å². The lowest BCUT2D eigenvalue weighted by molar-refractivity contribution is 0.306. The first-order valence-corrected chi connectivity index (χ1v) is 9.34. The lowest BCUT2D eigenvalue weighted by atomic mass is 9.69. The summed E-state index contributed by atoms with van der Waals surface area (Å²) in [5.74, 6) is 0. The maximum Gasteiger partial charge on any atom is -0.00470 e. The highest BCUT2D eigenvalue weighted by Gasteiger charge is 2.30. The van der Waals surface area contributed by atoms with Gasteiger partial charge in [-0.3, -0.25) is 0 Å². The predicted molar refractivity (Wildman–Crippen MR) is 95.9 cm³/mol. The molecule has 21 heavy (non-hydrogen) atoms. The van der Waals surface area contributed by atoms with Crippen LogP contribution in [0.25, 0.3) is 0 Å². The Hall–Kier alpha value is -0.780. The van der Waals surface area contributed by atoms with Crippen molar-refractivity contribution < 1.29 is 0 Å². The van der Waals surface area contributed by atoms with E-state index in [1.165, 1.54) is 70.6 Å². The normalized spacial score (nSPS) is 11.8. The van der Waals surface area contributed by atoms with Crippen LogP contribution in [-0.2, 0) is 5.41 Å². The number of hydrogen-bond acceptors (Lipinski definition) is 0. The Labute approximate surface area is 133 Å². The van der Waals surface area contributed by atoms with Crippen LogP contribution in [0.15, 0.2) is 30.3 Å². The van der Waals surface area contributed by atoms with E-state index in [2.05, 4.69) is 51.1 Å². The molecule has 0 saturated carbocycles. The van der Waals surface area contributed by atoms with Crippen LogP contribution in [0.4, 0.5) is 0 Å². The fourth-order valence-corrected chi connectivity index (χ4v) is 3.52. The molecule has 1 rings (SSSR count). The fourth-order valence-electron chi connectivity index (χ4n) is 3.52. The fraction of sp³-hybridized carbons (Fsp3) is 0.714. The van der Waals surface area contributed by atoms with Crippen molar-refractivity contribution in [2.45, 2.75) is 96.8 Å². The van der Waals surface area contributed by atoms with Crippen LogP contribution >= 0.6 is 0 Å². The molecule has 0 aliphatic rings. The lowest BCUT2D eigenvalue weighted by Gasteiger charge is -2.35. The molecule has 120 valence electrons. The molecule has 0 aliphatic heterocycles. The molecule has 0 N–H and O–H groups in total. The standard InChI is InChI=1S/C21H36/c1-4-7-10-14-19-21(17-8-5-2,18-9-6-3)20-15-12-11-13-16-20/h11-13,15-16H,4-10,14,17-19H2,1-3H3. The van der Waals surface area contributed by atoms with Crippen molar-refractivity contribution in [2.24, 2.45) is 0 Å². The van der Waals surface area contributed by atoms with E-state index in [4.69, 9.17) is 0 Å². The SMILES string of the molecule is CCCCCCC(CCCC)(CCCC)c1ccccc1. The van der Waals surface area contributed by atoms with Crippen molar-refractivity contribution >= 4 is 0 Å². The van der Waals surface area contributed by atoms with Gasteiger partial charge in [-0.15, -0.1) is 0 Å². The maximum atomic E-state index is 2.38. The first-order valence-electron chi connectivity index (χ1n) is 9.34. The molecule has 0 aromatic heterocycles. The van der Waals surface area contributed by atoms with E-state index in [1.54, 1.807) is 5.56 Å². The zero-order chi connectivity index (χ0) is 15.4. The molecule has 0 amide bonds. The predicted octanol–water partition coefficient (Wildman–Crippen LogP) is 7.28. The maximum absolute atomic E-state index is 2.38. The summed E-state index contributed by atoms with van der Waals surface area (Å²) in [4.78, 5) is 0. The zero-order valence-electron chi connectivity index (χ0n) is 14.7. The lowest BCUT2D eigenvalue weighted by Crippen LogP contribution is -2.26. The van der Waals surface area contributed by atoms with Gasteiger partial charge in [-0.2, -0.15) is 0 Å². The molecule has 0 aliphatic carbocycles. The second-order valence-electron chi connectivity index (χ2n) is 6.66. The van der Waals surface area contributed by atoms with E-state index < -0.39 is 0 Å². The van der Waals surface area contributed by atoms with E-state index in [0.29, 0.717) is 5.41 Å². The molecular weight excluding hydrogens is 252 g/mol. The van der Waals surface area contributed by atoms with Crippen molar-refractivity contribution in [3.05, 3.63) is 35.9 Å². The molecule has 0 spiro atoms. The summed E-state index contributed by atoms with van der Waals surface area (Å²) >= 11 is 0. The first-order chi connectivity index (χ1) is 10.3. The van der Waals surface area contributed by atoms with Crippen molar-refractivity contribution in [3.8, 4) is 0 Å². The average molecular weight is 289 g/mol. The zero-order valence-corrected chi connectivity index (χ0v) is 14.7. The molecular formula is C21H36. The molecule has 0 radical (unpaired) electrons. The van der Waals surface area contributed by atoms with Gasteiger partial charge in [-0.1, -0.05) is 102 Å². The topological polar surface area (TPSA) is 0 Å². The first kappa shape index (κ1) is 18.3. The van der Waals surface area contributed by atoms with Gasteiger partial charge < -0.3 is 0 Å². The molecule has 1 aromatic carbocycles. The minimum atomic E-state index is 0.445. The summed E-state index contributed by atoms with van der Waals surface area (Å²) in [6.07, 6.45) is 15.0. The van der Waals surface area contributed by atoms with E-state index in [1.807, 2.05) is 0 Å².